The van der Waals surface area contributed by atoms with E-state index in [1.807, 2.05) is 0 Å². The molecule has 0 amide bonds. The van der Waals surface area contributed by atoms with Gasteiger partial charge in [-0.15, -0.1) is 0 Å². The molecule has 28 heavy (non-hydrogen) atoms. The van der Waals surface area contributed by atoms with E-state index in [0.29, 0.717) is 11.1 Å². The molecule has 0 saturated heterocycles. The fourth-order valence-corrected chi connectivity index (χ4v) is 2.94. The summed E-state index contributed by atoms with van der Waals surface area (Å²) in [6, 6.07) is 13.1. The van der Waals surface area contributed by atoms with Gasteiger partial charge in [0.2, 0.25) is 0 Å². The summed E-state index contributed by atoms with van der Waals surface area (Å²) in [6.45, 7) is 0. The first-order valence-electron chi connectivity index (χ1n) is 8.28. The van der Waals surface area contributed by atoms with Crippen LogP contribution in [-0.4, -0.2) is 38.4 Å². The number of methoxy groups -OCH3 is 3. The van der Waals surface area contributed by atoms with Crippen molar-refractivity contribution in [3.8, 4) is 34.1 Å². The van der Waals surface area contributed by atoms with Crippen LogP contribution in [0.25, 0.3) is 22.5 Å². The summed E-state index contributed by atoms with van der Waals surface area (Å²) in [7, 11) is 3.83. The van der Waals surface area contributed by atoms with Crippen molar-refractivity contribution in [2.75, 3.05) is 21.3 Å². The molecule has 0 aliphatic rings. The van der Waals surface area contributed by atoms with Gasteiger partial charge in [-0.25, -0.2) is 9.59 Å². The van der Waals surface area contributed by atoms with E-state index in [1.165, 1.54) is 27.4 Å². The number of furan rings is 1. The lowest BCUT2D eigenvalue weighted by atomic mass is 9.93. The molecule has 1 N–H and O–H groups in total. The van der Waals surface area contributed by atoms with Gasteiger partial charge in [-0.05, 0) is 18.2 Å². The summed E-state index contributed by atoms with van der Waals surface area (Å²) in [6.07, 6.45) is 0. The normalized spacial score (nSPS) is 10.4. The molecule has 0 unspecified atom stereocenters. The van der Waals surface area contributed by atoms with Gasteiger partial charge < -0.3 is 23.7 Å². The highest BCUT2D eigenvalue weighted by molar-refractivity contribution is 6.08. The van der Waals surface area contributed by atoms with Gasteiger partial charge in [0.25, 0.3) is 5.95 Å². The van der Waals surface area contributed by atoms with Crippen LogP contribution in [0, 0.1) is 0 Å². The van der Waals surface area contributed by atoms with Crippen LogP contribution in [0.1, 0.15) is 20.7 Å². The third kappa shape index (κ3) is 3.18. The fourth-order valence-electron chi connectivity index (χ4n) is 2.94. The van der Waals surface area contributed by atoms with Crippen LogP contribution >= 0.6 is 0 Å². The number of esters is 2. The molecular weight excluding hydrogens is 364 g/mol. The number of ether oxygens (including phenoxy) is 3. The minimum absolute atomic E-state index is 0.000365. The molecule has 3 aromatic rings. The Morgan fingerprint density at radius 3 is 2.07 bits per heavy atom. The van der Waals surface area contributed by atoms with E-state index in [1.54, 1.807) is 42.5 Å². The standard InChI is InChI=1S/C21H18O7/c1-25-19(23)13-9-5-4-8-12(13)16-17(20(24)26-2)21(27-3)28-18(16)14-10-6-7-11-15(14)22/h4-11,22H,1-3H3. The number of para-hydroxylation sites is 1. The largest absolute Gasteiger partial charge is 0.507 e. The number of carbonyl (C=O) groups is 2. The molecule has 0 aliphatic carbocycles. The van der Waals surface area contributed by atoms with E-state index < -0.39 is 11.9 Å². The number of phenols is 1. The molecule has 0 bridgehead atoms. The van der Waals surface area contributed by atoms with Gasteiger partial charge in [-0.2, -0.15) is 0 Å². The van der Waals surface area contributed by atoms with Gasteiger partial charge in [0.05, 0.1) is 32.5 Å². The summed E-state index contributed by atoms with van der Waals surface area (Å²) in [4.78, 5) is 24.8. The molecule has 3 rings (SSSR count). The number of benzene rings is 2. The van der Waals surface area contributed by atoms with Crippen molar-refractivity contribution in [3.05, 3.63) is 59.7 Å². The van der Waals surface area contributed by atoms with Gasteiger partial charge in [0, 0.05) is 11.1 Å². The number of phenolic OH excluding ortho intramolecular Hbond substituents is 1. The van der Waals surface area contributed by atoms with Gasteiger partial charge in [-0.3, -0.25) is 0 Å². The minimum atomic E-state index is -0.711. The zero-order chi connectivity index (χ0) is 20.3. The van der Waals surface area contributed by atoms with Crippen molar-refractivity contribution >= 4 is 11.9 Å². The Balaban J connectivity index is 2.43. The molecule has 1 heterocycles. The van der Waals surface area contributed by atoms with E-state index in [4.69, 9.17) is 18.6 Å². The quantitative estimate of drug-likeness (QED) is 0.669. The predicted molar refractivity (Wildman–Crippen MR) is 100 cm³/mol. The Bertz CT molecular complexity index is 1030. The Kier molecular flexibility index (Phi) is 5.35. The Morgan fingerprint density at radius 2 is 1.46 bits per heavy atom. The molecule has 144 valence electrons. The zero-order valence-electron chi connectivity index (χ0n) is 15.5. The van der Waals surface area contributed by atoms with Crippen molar-refractivity contribution in [3.63, 3.8) is 0 Å². The minimum Gasteiger partial charge on any atom is -0.507 e. The van der Waals surface area contributed by atoms with Crippen LogP contribution in [0.5, 0.6) is 11.7 Å². The predicted octanol–water partition coefficient (Wildman–Crippen LogP) is 3.90. The summed E-state index contributed by atoms with van der Waals surface area (Å²) in [5.74, 6) is -1.30. The highest BCUT2D eigenvalue weighted by Crippen LogP contribution is 2.46. The molecule has 0 fully saturated rings. The van der Waals surface area contributed by atoms with Crippen LogP contribution in [0.4, 0.5) is 0 Å². The highest BCUT2D eigenvalue weighted by Gasteiger charge is 2.32. The first kappa shape index (κ1) is 19.0. The molecule has 0 spiro atoms. The number of rotatable bonds is 5. The maximum atomic E-state index is 12.5. The average Bonchev–Trinajstić information content (AvgIpc) is 3.12. The van der Waals surface area contributed by atoms with E-state index >= 15 is 0 Å². The zero-order valence-corrected chi connectivity index (χ0v) is 15.5. The van der Waals surface area contributed by atoms with Crippen LogP contribution in [0.3, 0.4) is 0 Å². The van der Waals surface area contributed by atoms with Crippen molar-refractivity contribution in [2.45, 2.75) is 0 Å². The summed E-state index contributed by atoms with van der Waals surface area (Å²) in [5, 5.41) is 10.3. The van der Waals surface area contributed by atoms with Crippen molar-refractivity contribution in [2.24, 2.45) is 0 Å². The molecule has 7 nitrogen and oxygen atoms in total. The number of carbonyl (C=O) groups excluding carboxylic acids is 2. The van der Waals surface area contributed by atoms with Crippen molar-refractivity contribution < 1.29 is 33.3 Å². The lowest BCUT2D eigenvalue weighted by Crippen LogP contribution is -2.07. The topological polar surface area (TPSA) is 95.2 Å². The Hall–Kier alpha value is -3.74. The molecule has 0 saturated carbocycles. The Labute approximate surface area is 161 Å². The van der Waals surface area contributed by atoms with E-state index in [2.05, 4.69) is 0 Å². The highest BCUT2D eigenvalue weighted by atomic mass is 16.6. The van der Waals surface area contributed by atoms with E-state index in [0.717, 1.165) is 0 Å². The fraction of sp³-hybridized carbons (Fsp3) is 0.143. The van der Waals surface area contributed by atoms with Crippen molar-refractivity contribution in [1.82, 2.24) is 0 Å². The van der Waals surface area contributed by atoms with Gasteiger partial charge in [-0.1, -0.05) is 30.3 Å². The van der Waals surface area contributed by atoms with Gasteiger partial charge in [0.1, 0.15) is 5.75 Å². The van der Waals surface area contributed by atoms with Crippen LogP contribution in [0.2, 0.25) is 0 Å². The average molecular weight is 382 g/mol. The van der Waals surface area contributed by atoms with Gasteiger partial charge in [0.15, 0.2) is 11.3 Å². The Morgan fingerprint density at radius 1 is 0.857 bits per heavy atom. The van der Waals surface area contributed by atoms with Crippen LogP contribution in [-0.2, 0) is 9.47 Å². The lowest BCUT2D eigenvalue weighted by molar-refractivity contribution is 0.0586. The smallest absolute Gasteiger partial charge is 0.345 e. The van der Waals surface area contributed by atoms with Gasteiger partial charge >= 0.3 is 11.9 Å². The molecule has 0 radical (unpaired) electrons. The first-order chi connectivity index (χ1) is 13.5. The van der Waals surface area contributed by atoms with E-state index in [-0.39, 0.29) is 34.1 Å². The molecule has 0 atom stereocenters. The summed E-state index contributed by atoms with van der Waals surface area (Å²) < 4.78 is 20.8. The number of hydrogen-bond donors (Lipinski definition) is 1. The maximum Gasteiger partial charge on any atom is 0.345 e. The molecular formula is C21H18O7. The lowest BCUT2D eigenvalue weighted by Gasteiger charge is -2.10. The molecule has 1 aromatic heterocycles. The third-order valence-corrected chi connectivity index (χ3v) is 4.20. The monoisotopic (exact) mass is 382 g/mol. The summed E-state index contributed by atoms with van der Waals surface area (Å²) in [5.41, 5.74) is 1.17. The third-order valence-electron chi connectivity index (χ3n) is 4.20. The SMILES string of the molecule is COC(=O)c1ccccc1-c1c(-c2ccccc2O)oc(OC)c1C(=O)OC. The summed E-state index contributed by atoms with van der Waals surface area (Å²) >= 11 is 0. The van der Waals surface area contributed by atoms with Crippen LogP contribution in [0.15, 0.2) is 52.9 Å². The number of hydrogen-bond acceptors (Lipinski definition) is 7. The van der Waals surface area contributed by atoms with E-state index in [9.17, 15) is 14.7 Å². The first-order valence-corrected chi connectivity index (χ1v) is 8.28. The molecule has 0 aliphatic heterocycles. The maximum absolute atomic E-state index is 12.5. The second-order valence-electron chi connectivity index (χ2n) is 5.72. The van der Waals surface area contributed by atoms with Crippen LogP contribution < -0.4 is 4.74 Å². The second-order valence-corrected chi connectivity index (χ2v) is 5.72. The second kappa shape index (κ2) is 7.87. The number of aromatic hydroxyl groups is 1. The molecule has 7 heteroatoms. The van der Waals surface area contributed by atoms with Crippen molar-refractivity contribution in [1.29, 1.82) is 0 Å². The molecule has 2 aromatic carbocycles.